The van der Waals surface area contributed by atoms with E-state index in [4.69, 9.17) is 0 Å². The third-order valence-corrected chi connectivity index (χ3v) is 6.25. The summed E-state index contributed by atoms with van der Waals surface area (Å²) >= 11 is 1.81. The maximum absolute atomic E-state index is 4.27. The minimum absolute atomic E-state index is 0.403. The Morgan fingerprint density at radius 3 is 2.62 bits per heavy atom. The summed E-state index contributed by atoms with van der Waals surface area (Å²) < 4.78 is 0. The van der Waals surface area contributed by atoms with E-state index in [9.17, 15) is 0 Å². The van der Waals surface area contributed by atoms with E-state index in [0.29, 0.717) is 11.6 Å². The molecule has 1 aliphatic heterocycles. The maximum atomic E-state index is 4.27. The fourth-order valence-corrected chi connectivity index (χ4v) is 5.10. The van der Waals surface area contributed by atoms with E-state index in [1.807, 2.05) is 16.8 Å². The molecule has 1 saturated carbocycles. The standard InChI is InChI=1S/C17H29N3S/c1-2-19-16(12-15-13-18-14-21-15)17(8-4-5-9-17)20-10-6-3-7-11-20/h13-14,16,19H,2-12H2,1H3. The van der Waals surface area contributed by atoms with Crippen molar-refractivity contribution in [2.45, 2.75) is 69.9 Å². The molecule has 1 saturated heterocycles. The van der Waals surface area contributed by atoms with Crippen molar-refractivity contribution >= 4 is 11.3 Å². The monoisotopic (exact) mass is 307 g/mol. The summed E-state index contributed by atoms with van der Waals surface area (Å²) in [5, 5.41) is 3.84. The molecule has 0 bridgehead atoms. The van der Waals surface area contributed by atoms with Crippen LogP contribution in [0.25, 0.3) is 0 Å². The quantitative estimate of drug-likeness (QED) is 0.872. The Kier molecular flexibility index (Phi) is 5.30. The highest BCUT2D eigenvalue weighted by Gasteiger charge is 2.45. The lowest BCUT2D eigenvalue weighted by atomic mass is 9.82. The molecule has 1 N–H and O–H groups in total. The van der Waals surface area contributed by atoms with Crippen molar-refractivity contribution in [1.29, 1.82) is 0 Å². The first-order valence-corrected chi connectivity index (χ1v) is 9.59. The first-order valence-electron chi connectivity index (χ1n) is 8.71. The largest absolute Gasteiger partial charge is 0.312 e. The van der Waals surface area contributed by atoms with Gasteiger partial charge in [-0.1, -0.05) is 26.2 Å². The van der Waals surface area contributed by atoms with Crippen LogP contribution in [0.1, 0.15) is 56.7 Å². The van der Waals surface area contributed by atoms with Crippen molar-refractivity contribution in [2.75, 3.05) is 19.6 Å². The third kappa shape index (κ3) is 3.33. The molecule has 1 aromatic heterocycles. The summed E-state index contributed by atoms with van der Waals surface area (Å²) in [6.07, 6.45) is 13.0. The number of piperidine rings is 1. The smallest absolute Gasteiger partial charge is 0.0794 e. The SMILES string of the molecule is CCNC(Cc1cncs1)C1(N2CCCCC2)CCCC1. The van der Waals surface area contributed by atoms with E-state index in [1.54, 1.807) is 0 Å². The molecule has 2 heterocycles. The van der Waals surface area contributed by atoms with Gasteiger partial charge in [-0.2, -0.15) is 0 Å². The lowest BCUT2D eigenvalue weighted by molar-refractivity contribution is 0.0373. The Balaban J connectivity index is 1.81. The van der Waals surface area contributed by atoms with Crippen molar-refractivity contribution in [3.63, 3.8) is 0 Å². The molecular formula is C17H29N3S. The first-order chi connectivity index (χ1) is 10.3. The number of hydrogen-bond donors (Lipinski definition) is 1. The Bertz CT molecular complexity index is 406. The number of hydrogen-bond acceptors (Lipinski definition) is 4. The molecule has 0 spiro atoms. The highest BCUT2D eigenvalue weighted by atomic mass is 32.1. The van der Waals surface area contributed by atoms with Crippen LogP contribution < -0.4 is 5.32 Å². The first kappa shape index (κ1) is 15.4. The molecule has 4 heteroatoms. The predicted octanol–water partition coefficient (Wildman–Crippen LogP) is 3.46. The highest BCUT2D eigenvalue weighted by molar-refractivity contribution is 7.09. The molecule has 0 amide bonds. The van der Waals surface area contributed by atoms with Crippen LogP contribution in [0.15, 0.2) is 11.7 Å². The number of likely N-dealkylation sites (tertiary alicyclic amines) is 1. The van der Waals surface area contributed by atoms with Gasteiger partial charge in [-0.15, -0.1) is 11.3 Å². The van der Waals surface area contributed by atoms with Crippen LogP contribution in [0.2, 0.25) is 0 Å². The topological polar surface area (TPSA) is 28.2 Å². The second-order valence-corrected chi connectivity index (χ2v) is 7.61. The number of rotatable bonds is 6. The molecule has 2 aliphatic rings. The molecule has 0 radical (unpaired) electrons. The molecule has 3 rings (SSSR count). The van der Waals surface area contributed by atoms with Gasteiger partial charge in [0.2, 0.25) is 0 Å². The second-order valence-electron chi connectivity index (χ2n) is 6.64. The van der Waals surface area contributed by atoms with E-state index in [1.165, 1.54) is 62.9 Å². The van der Waals surface area contributed by atoms with Gasteiger partial charge < -0.3 is 5.32 Å². The zero-order valence-corrected chi connectivity index (χ0v) is 14.1. The molecule has 3 nitrogen and oxygen atoms in total. The third-order valence-electron chi connectivity index (χ3n) is 5.44. The number of likely N-dealkylation sites (N-methyl/N-ethyl adjacent to an activating group) is 1. The zero-order chi connectivity index (χ0) is 14.5. The molecule has 2 fully saturated rings. The van der Waals surface area contributed by atoms with Crippen molar-refractivity contribution in [1.82, 2.24) is 15.2 Å². The van der Waals surface area contributed by atoms with Gasteiger partial charge in [0, 0.05) is 29.1 Å². The van der Waals surface area contributed by atoms with E-state index < -0.39 is 0 Å². The fraction of sp³-hybridized carbons (Fsp3) is 0.824. The molecule has 1 aromatic rings. The van der Waals surface area contributed by atoms with E-state index in [0.717, 1.165) is 13.0 Å². The molecule has 1 aliphatic carbocycles. The second kappa shape index (κ2) is 7.21. The number of nitrogens with zero attached hydrogens (tertiary/aromatic N) is 2. The average molecular weight is 308 g/mol. The van der Waals surface area contributed by atoms with Gasteiger partial charge in [-0.3, -0.25) is 9.88 Å². The number of nitrogens with one attached hydrogen (secondary N) is 1. The van der Waals surface area contributed by atoms with Gasteiger partial charge in [0.1, 0.15) is 0 Å². The van der Waals surface area contributed by atoms with Crippen LogP contribution in [-0.2, 0) is 6.42 Å². The Hall–Kier alpha value is -0.450. The highest BCUT2D eigenvalue weighted by Crippen LogP contribution is 2.40. The van der Waals surface area contributed by atoms with Crippen molar-refractivity contribution in [2.24, 2.45) is 0 Å². The van der Waals surface area contributed by atoms with E-state index in [2.05, 4.69) is 28.3 Å². The van der Waals surface area contributed by atoms with Crippen LogP contribution in [0.5, 0.6) is 0 Å². The molecule has 1 atom stereocenters. The van der Waals surface area contributed by atoms with Gasteiger partial charge in [0.25, 0.3) is 0 Å². The van der Waals surface area contributed by atoms with E-state index >= 15 is 0 Å². The summed E-state index contributed by atoms with van der Waals surface area (Å²) in [6, 6.07) is 0.587. The van der Waals surface area contributed by atoms with Crippen molar-refractivity contribution < 1.29 is 0 Å². The van der Waals surface area contributed by atoms with Crippen molar-refractivity contribution in [3.8, 4) is 0 Å². The van der Waals surface area contributed by atoms with Crippen LogP contribution in [0, 0.1) is 0 Å². The fourth-order valence-electron chi connectivity index (χ4n) is 4.45. The minimum Gasteiger partial charge on any atom is -0.312 e. The lowest BCUT2D eigenvalue weighted by Crippen LogP contribution is -2.61. The summed E-state index contributed by atoms with van der Waals surface area (Å²) in [7, 11) is 0. The lowest BCUT2D eigenvalue weighted by Gasteiger charge is -2.49. The Morgan fingerprint density at radius 1 is 1.24 bits per heavy atom. The molecular weight excluding hydrogens is 278 g/mol. The van der Waals surface area contributed by atoms with Crippen LogP contribution in [0.3, 0.4) is 0 Å². The Morgan fingerprint density at radius 2 is 2.00 bits per heavy atom. The zero-order valence-electron chi connectivity index (χ0n) is 13.3. The van der Waals surface area contributed by atoms with Crippen LogP contribution >= 0.6 is 11.3 Å². The van der Waals surface area contributed by atoms with Gasteiger partial charge in [0.15, 0.2) is 0 Å². The normalized spacial score (nSPS) is 24.2. The maximum Gasteiger partial charge on any atom is 0.0794 e. The van der Waals surface area contributed by atoms with Crippen molar-refractivity contribution in [3.05, 3.63) is 16.6 Å². The number of aromatic nitrogens is 1. The molecule has 118 valence electrons. The Labute approximate surface area is 133 Å². The van der Waals surface area contributed by atoms with Crippen LogP contribution in [0.4, 0.5) is 0 Å². The van der Waals surface area contributed by atoms with Crippen LogP contribution in [-0.4, -0.2) is 41.1 Å². The average Bonchev–Trinajstić information content (AvgIpc) is 3.20. The molecule has 1 unspecified atom stereocenters. The van der Waals surface area contributed by atoms with Gasteiger partial charge in [0.05, 0.1) is 5.51 Å². The van der Waals surface area contributed by atoms with Gasteiger partial charge in [-0.05, 0) is 45.3 Å². The van der Waals surface area contributed by atoms with Gasteiger partial charge in [-0.25, -0.2) is 0 Å². The summed E-state index contributed by atoms with van der Waals surface area (Å²) in [5.74, 6) is 0. The number of thiazole rings is 1. The molecule has 0 aromatic carbocycles. The predicted molar refractivity (Wildman–Crippen MR) is 89.9 cm³/mol. The summed E-state index contributed by atoms with van der Waals surface area (Å²) in [4.78, 5) is 8.55. The van der Waals surface area contributed by atoms with E-state index in [-0.39, 0.29) is 0 Å². The molecule has 21 heavy (non-hydrogen) atoms. The summed E-state index contributed by atoms with van der Waals surface area (Å²) in [5.41, 5.74) is 2.38. The summed E-state index contributed by atoms with van der Waals surface area (Å²) in [6.45, 7) is 5.94. The minimum atomic E-state index is 0.403. The van der Waals surface area contributed by atoms with Gasteiger partial charge >= 0.3 is 0 Å².